The molecule has 0 atom stereocenters. The molecule has 110 valence electrons. The average molecular weight is 302 g/mol. The van der Waals surface area contributed by atoms with Crippen LogP contribution in [0.3, 0.4) is 0 Å². The Kier molecular flexibility index (Phi) is 5.32. The molecular weight excluding hydrogens is 284 g/mol. The van der Waals surface area contributed by atoms with Gasteiger partial charge in [0.25, 0.3) is 0 Å². The zero-order valence-electron chi connectivity index (χ0n) is 12.5. The van der Waals surface area contributed by atoms with Crippen LogP contribution in [0, 0.1) is 25.2 Å². The van der Waals surface area contributed by atoms with E-state index in [1.54, 1.807) is 7.11 Å². The lowest BCUT2D eigenvalue weighted by Gasteiger charge is -2.10. The zero-order chi connectivity index (χ0) is 15.2. The van der Waals surface area contributed by atoms with Crippen LogP contribution in [0.15, 0.2) is 18.2 Å². The van der Waals surface area contributed by atoms with Gasteiger partial charge in [0.05, 0.1) is 24.8 Å². The van der Waals surface area contributed by atoms with Crippen molar-refractivity contribution in [3.8, 4) is 11.8 Å². The van der Waals surface area contributed by atoms with Crippen molar-refractivity contribution in [2.45, 2.75) is 33.5 Å². The lowest BCUT2D eigenvalue weighted by Crippen LogP contribution is -1.99. The molecular formula is C16H18N2O2S. The molecule has 0 bridgehead atoms. The van der Waals surface area contributed by atoms with Crippen molar-refractivity contribution in [2.24, 2.45) is 0 Å². The molecule has 1 heterocycles. The van der Waals surface area contributed by atoms with E-state index >= 15 is 0 Å². The molecule has 1 aromatic heterocycles. The third-order valence-electron chi connectivity index (χ3n) is 3.09. The topological polar surface area (TPSA) is 55.1 Å². The monoisotopic (exact) mass is 302 g/mol. The summed E-state index contributed by atoms with van der Waals surface area (Å²) >= 11 is 1.52. The minimum atomic E-state index is 0.361. The number of benzene rings is 1. The van der Waals surface area contributed by atoms with Crippen LogP contribution < -0.4 is 4.74 Å². The van der Waals surface area contributed by atoms with E-state index < -0.39 is 0 Å². The maximum atomic E-state index is 8.86. The van der Waals surface area contributed by atoms with Crippen LogP contribution in [-0.4, -0.2) is 12.1 Å². The zero-order valence-corrected chi connectivity index (χ0v) is 13.3. The van der Waals surface area contributed by atoms with Crippen LogP contribution in [0.1, 0.15) is 26.7 Å². The van der Waals surface area contributed by atoms with Crippen molar-refractivity contribution >= 4 is 11.3 Å². The first kappa shape index (κ1) is 15.5. The molecule has 0 radical (unpaired) electrons. The van der Waals surface area contributed by atoms with Crippen LogP contribution in [0.5, 0.6) is 5.75 Å². The fourth-order valence-electron chi connectivity index (χ4n) is 2.12. The molecule has 2 aromatic rings. The minimum absolute atomic E-state index is 0.361. The van der Waals surface area contributed by atoms with Crippen molar-refractivity contribution in [1.82, 2.24) is 4.98 Å². The summed E-state index contributed by atoms with van der Waals surface area (Å²) in [6.07, 6.45) is 0.361. The predicted octanol–water partition coefficient (Wildman–Crippen LogP) is 3.55. The first-order valence-corrected chi connectivity index (χ1v) is 7.49. The first-order chi connectivity index (χ1) is 10.2. The van der Waals surface area contributed by atoms with Crippen LogP contribution >= 0.6 is 11.3 Å². The Morgan fingerprint density at radius 1 is 1.24 bits per heavy atom. The number of thiazole rings is 1. The molecule has 2 rings (SSSR count). The lowest BCUT2D eigenvalue weighted by atomic mass is 10.1. The van der Waals surface area contributed by atoms with Gasteiger partial charge in [-0.1, -0.05) is 18.2 Å². The Morgan fingerprint density at radius 3 is 2.57 bits per heavy atom. The summed E-state index contributed by atoms with van der Waals surface area (Å²) in [7, 11) is 1.63. The quantitative estimate of drug-likeness (QED) is 0.819. The number of nitriles is 1. The molecule has 21 heavy (non-hydrogen) atoms. The van der Waals surface area contributed by atoms with Gasteiger partial charge in [0, 0.05) is 12.0 Å². The molecule has 0 fully saturated rings. The number of para-hydroxylation sites is 1. The van der Waals surface area contributed by atoms with E-state index in [-0.39, 0.29) is 0 Å². The smallest absolute Gasteiger partial charge is 0.140 e. The highest BCUT2D eigenvalue weighted by molar-refractivity contribution is 7.11. The fourth-order valence-corrected chi connectivity index (χ4v) is 3.04. The lowest BCUT2D eigenvalue weighted by molar-refractivity contribution is 0.181. The van der Waals surface area contributed by atoms with E-state index in [1.165, 1.54) is 11.3 Å². The van der Waals surface area contributed by atoms with E-state index in [9.17, 15) is 0 Å². The number of aromatic nitrogens is 1. The maximum Gasteiger partial charge on any atom is 0.140 e. The molecule has 0 saturated heterocycles. The summed E-state index contributed by atoms with van der Waals surface area (Å²) in [6.45, 7) is 4.90. The number of rotatable bonds is 6. The molecule has 1 aromatic carbocycles. The van der Waals surface area contributed by atoms with Crippen molar-refractivity contribution in [3.63, 3.8) is 0 Å². The van der Waals surface area contributed by atoms with Gasteiger partial charge in [0.2, 0.25) is 0 Å². The van der Waals surface area contributed by atoms with Crippen LogP contribution in [0.25, 0.3) is 0 Å². The Bertz CT molecular complexity index is 639. The summed E-state index contributed by atoms with van der Waals surface area (Å²) < 4.78 is 11.0. The number of ether oxygens (including phenoxy) is 2. The van der Waals surface area contributed by atoms with E-state index in [1.807, 2.05) is 32.0 Å². The largest absolute Gasteiger partial charge is 0.486 e. The molecule has 5 heteroatoms. The van der Waals surface area contributed by atoms with Crippen LogP contribution in [0.2, 0.25) is 0 Å². The van der Waals surface area contributed by atoms with Crippen LogP contribution in [-0.2, 0) is 24.4 Å². The summed E-state index contributed by atoms with van der Waals surface area (Å²) in [6, 6.07) is 8.24. The third-order valence-corrected chi connectivity index (χ3v) is 4.16. The molecule has 0 N–H and O–H groups in total. The fraction of sp³-hybridized carbons (Fsp3) is 0.375. The Hall–Kier alpha value is -1.90. The number of hydrogen-bond acceptors (Lipinski definition) is 5. The summed E-state index contributed by atoms with van der Waals surface area (Å²) in [5, 5.41) is 9.73. The van der Waals surface area contributed by atoms with Gasteiger partial charge >= 0.3 is 0 Å². The summed E-state index contributed by atoms with van der Waals surface area (Å²) in [4.78, 5) is 5.47. The molecule has 0 aliphatic heterocycles. The highest BCUT2D eigenvalue weighted by atomic mass is 32.1. The Balaban J connectivity index is 2.13. The number of nitrogens with zero attached hydrogens (tertiary/aromatic N) is 2. The molecule has 0 amide bonds. The molecule has 0 aliphatic carbocycles. The second-order valence-corrected chi connectivity index (χ2v) is 5.92. The molecule has 0 spiro atoms. The number of aryl methyl sites for hydroxylation is 2. The third kappa shape index (κ3) is 3.81. The van der Waals surface area contributed by atoms with Gasteiger partial charge in [-0.2, -0.15) is 5.26 Å². The van der Waals surface area contributed by atoms with E-state index in [2.05, 4.69) is 11.1 Å². The van der Waals surface area contributed by atoms with Gasteiger partial charge in [-0.05, 0) is 25.0 Å². The van der Waals surface area contributed by atoms with E-state index in [4.69, 9.17) is 14.7 Å². The Labute approximate surface area is 129 Å². The first-order valence-electron chi connectivity index (χ1n) is 6.68. The summed E-state index contributed by atoms with van der Waals surface area (Å²) in [5.41, 5.74) is 3.06. The second kappa shape index (κ2) is 7.21. The number of hydrogen-bond donors (Lipinski definition) is 0. The SMILES string of the molecule is COCc1nc(COc2c(C)cccc2C)sc1CC#N. The van der Waals surface area contributed by atoms with Gasteiger partial charge in [-0.3, -0.25) is 0 Å². The second-order valence-electron chi connectivity index (χ2n) is 4.75. The number of methoxy groups -OCH3 is 1. The van der Waals surface area contributed by atoms with E-state index in [0.29, 0.717) is 19.6 Å². The molecule has 0 unspecified atom stereocenters. The molecule has 4 nitrogen and oxygen atoms in total. The summed E-state index contributed by atoms with van der Waals surface area (Å²) in [5.74, 6) is 0.905. The van der Waals surface area contributed by atoms with Gasteiger partial charge in [0.15, 0.2) is 0 Å². The average Bonchev–Trinajstić information content (AvgIpc) is 2.81. The van der Waals surface area contributed by atoms with Gasteiger partial charge in [-0.25, -0.2) is 4.98 Å². The van der Waals surface area contributed by atoms with Crippen LogP contribution in [0.4, 0.5) is 0 Å². The Morgan fingerprint density at radius 2 is 1.95 bits per heavy atom. The van der Waals surface area contributed by atoms with Crippen molar-refractivity contribution in [2.75, 3.05) is 7.11 Å². The minimum Gasteiger partial charge on any atom is -0.486 e. The van der Waals surface area contributed by atoms with Crippen molar-refractivity contribution in [1.29, 1.82) is 5.26 Å². The van der Waals surface area contributed by atoms with Gasteiger partial charge in [0.1, 0.15) is 17.4 Å². The van der Waals surface area contributed by atoms with Gasteiger partial charge in [-0.15, -0.1) is 11.3 Å². The standard InChI is InChI=1S/C16H18N2O2S/c1-11-5-4-6-12(2)16(11)20-10-15-18-13(9-19-3)14(21-15)7-8-17/h4-6H,7,9-10H2,1-3H3. The normalized spacial score (nSPS) is 10.4. The maximum absolute atomic E-state index is 8.86. The highest BCUT2D eigenvalue weighted by Crippen LogP contribution is 2.25. The highest BCUT2D eigenvalue weighted by Gasteiger charge is 2.12. The molecule has 0 aliphatic rings. The van der Waals surface area contributed by atoms with Crippen molar-refractivity contribution in [3.05, 3.63) is 44.9 Å². The van der Waals surface area contributed by atoms with Crippen molar-refractivity contribution < 1.29 is 9.47 Å². The van der Waals surface area contributed by atoms with E-state index in [0.717, 1.165) is 32.5 Å². The predicted molar refractivity (Wildman–Crippen MR) is 82.4 cm³/mol. The molecule has 0 saturated carbocycles. The van der Waals surface area contributed by atoms with Gasteiger partial charge < -0.3 is 9.47 Å².